The van der Waals surface area contributed by atoms with Crippen molar-refractivity contribution in [1.82, 2.24) is 9.78 Å². The van der Waals surface area contributed by atoms with Crippen LogP contribution in [0, 0.1) is 5.82 Å². The number of methoxy groups -OCH3 is 1. The monoisotopic (exact) mass is 339 g/mol. The van der Waals surface area contributed by atoms with Gasteiger partial charge in [0.1, 0.15) is 11.6 Å². The predicted octanol–water partition coefficient (Wildman–Crippen LogP) is 3.26. The Hall–Kier alpha value is -3.15. The summed E-state index contributed by atoms with van der Waals surface area (Å²) < 4.78 is 19.8. The molecule has 3 rings (SSSR count). The van der Waals surface area contributed by atoms with E-state index in [4.69, 9.17) is 4.74 Å². The first-order valence-electron chi connectivity index (χ1n) is 7.82. The fourth-order valence-electron chi connectivity index (χ4n) is 2.47. The second-order valence-corrected chi connectivity index (χ2v) is 5.63. The molecule has 0 bridgehead atoms. The van der Waals surface area contributed by atoms with Crippen LogP contribution in [-0.4, -0.2) is 22.8 Å². The lowest BCUT2D eigenvalue weighted by Gasteiger charge is -2.05. The van der Waals surface area contributed by atoms with Gasteiger partial charge >= 0.3 is 0 Å². The number of rotatable bonds is 6. The minimum atomic E-state index is -0.317. The molecule has 3 aromatic rings. The number of aromatic nitrogens is 2. The quantitative estimate of drug-likeness (QED) is 0.750. The third-order valence-electron chi connectivity index (χ3n) is 3.67. The Bertz CT molecular complexity index is 859. The van der Waals surface area contributed by atoms with Crippen molar-refractivity contribution in [3.8, 4) is 5.75 Å². The summed E-state index contributed by atoms with van der Waals surface area (Å²) in [5.74, 6) is 0.299. The van der Waals surface area contributed by atoms with E-state index < -0.39 is 0 Å². The molecule has 0 aliphatic carbocycles. The van der Waals surface area contributed by atoms with Gasteiger partial charge in [0.05, 0.1) is 32.0 Å². The number of halogens is 1. The second kappa shape index (κ2) is 7.61. The van der Waals surface area contributed by atoms with Gasteiger partial charge in [-0.05, 0) is 35.4 Å². The zero-order valence-electron chi connectivity index (χ0n) is 13.8. The molecule has 5 nitrogen and oxygen atoms in total. The Morgan fingerprint density at radius 2 is 2.00 bits per heavy atom. The molecule has 0 spiro atoms. The normalized spacial score (nSPS) is 10.5. The minimum absolute atomic E-state index is 0.174. The molecule has 1 N–H and O–H groups in total. The second-order valence-electron chi connectivity index (χ2n) is 5.63. The van der Waals surface area contributed by atoms with Crippen molar-refractivity contribution in [2.24, 2.45) is 0 Å². The van der Waals surface area contributed by atoms with Crippen LogP contribution in [0.25, 0.3) is 0 Å². The number of carbonyl (C=O) groups is 1. The molecule has 6 heteroatoms. The molecule has 0 radical (unpaired) electrons. The predicted molar refractivity (Wildman–Crippen MR) is 93.1 cm³/mol. The highest BCUT2D eigenvalue weighted by molar-refractivity contribution is 5.91. The van der Waals surface area contributed by atoms with E-state index in [-0.39, 0.29) is 18.1 Å². The molecule has 25 heavy (non-hydrogen) atoms. The largest absolute Gasteiger partial charge is 0.497 e. The van der Waals surface area contributed by atoms with Crippen molar-refractivity contribution >= 4 is 11.6 Å². The summed E-state index contributed by atoms with van der Waals surface area (Å²) in [4.78, 5) is 12.1. The summed E-state index contributed by atoms with van der Waals surface area (Å²) in [5, 5.41) is 7.04. The Morgan fingerprint density at radius 1 is 1.20 bits per heavy atom. The van der Waals surface area contributed by atoms with Crippen LogP contribution < -0.4 is 10.1 Å². The molecular formula is C19H18FN3O2. The number of hydrogen-bond acceptors (Lipinski definition) is 3. The van der Waals surface area contributed by atoms with Gasteiger partial charge in [-0.3, -0.25) is 9.48 Å². The molecule has 2 aromatic carbocycles. The first-order valence-corrected chi connectivity index (χ1v) is 7.82. The maximum atomic E-state index is 12.9. The highest BCUT2D eigenvalue weighted by Gasteiger charge is 2.07. The van der Waals surface area contributed by atoms with Gasteiger partial charge < -0.3 is 10.1 Å². The van der Waals surface area contributed by atoms with E-state index in [1.807, 2.05) is 24.3 Å². The third kappa shape index (κ3) is 4.67. The zero-order valence-corrected chi connectivity index (χ0v) is 13.8. The van der Waals surface area contributed by atoms with Crippen LogP contribution in [-0.2, 0) is 17.8 Å². The van der Waals surface area contributed by atoms with Crippen molar-refractivity contribution in [1.29, 1.82) is 0 Å². The summed E-state index contributed by atoms with van der Waals surface area (Å²) in [5.41, 5.74) is 2.42. The van der Waals surface area contributed by atoms with Crippen molar-refractivity contribution in [3.63, 3.8) is 0 Å². The highest BCUT2D eigenvalue weighted by atomic mass is 19.1. The zero-order chi connectivity index (χ0) is 17.6. The van der Waals surface area contributed by atoms with E-state index in [1.165, 1.54) is 12.1 Å². The van der Waals surface area contributed by atoms with Crippen LogP contribution in [0.3, 0.4) is 0 Å². The van der Waals surface area contributed by atoms with E-state index >= 15 is 0 Å². The Labute approximate surface area is 145 Å². The minimum Gasteiger partial charge on any atom is -0.497 e. The van der Waals surface area contributed by atoms with E-state index in [1.54, 1.807) is 36.3 Å². The van der Waals surface area contributed by atoms with Crippen molar-refractivity contribution in [3.05, 3.63) is 77.9 Å². The highest BCUT2D eigenvalue weighted by Crippen LogP contribution is 2.14. The van der Waals surface area contributed by atoms with Crippen LogP contribution in [0.15, 0.2) is 60.9 Å². The van der Waals surface area contributed by atoms with Gasteiger partial charge in [0.25, 0.3) is 0 Å². The van der Waals surface area contributed by atoms with Crippen molar-refractivity contribution in [2.45, 2.75) is 13.0 Å². The van der Waals surface area contributed by atoms with Gasteiger partial charge in [-0.15, -0.1) is 0 Å². The van der Waals surface area contributed by atoms with Crippen LogP contribution in [0.2, 0.25) is 0 Å². The maximum Gasteiger partial charge on any atom is 0.228 e. The van der Waals surface area contributed by atoms with Crippen LogP contribution >= 0.6 is 0 Å². The third-order valence-corrected chi connectivity index (χ3v) is 3.67. The van der Waals surface area contributed by atoms with Gasteiger partial charge in [0.2, 0.25) is 5.91 Å². The number of nitrogens with zero attached hydrogens (tertiary/aromatic N) is 2. The number of nitrogens with one attached hydrogen (secondary N) is 1. The summed E-state index contributed by atoms with van der Waals surface area (Å²) in [6.07, 6.45) is 3.55. The van der Waals surface area contributed by atoms with Gasteiger partial charge in [-0.25, -0.2) is 4.39 Å². The molecule has 0 saturated carbocycles. The van der Waals surface area contributed by atoms with Crippen LogP contribution in [0.4, 0.5) is 10.1 Å². The van der Waals surface area contributed by atoms with E-state index in [0.29, 0.717) is 12.2 Å². The molecule has 0 aliphatic heterocycles. The first kappa shape index (κ1) is 16.7. The Morgan fingerprint density at radius 3 is 2.76 bits per heavy atom. The fourth-order valence-corrected chi connectivity index (χ4v) is 2.47. The summed E-state index contributed by atoms with van der Waals surface area (Å²) in [6.45, 7) is 0.574. The average Bonchev–Trinajstić information content (AvgIpc) is 3.04. The number of amides is 1. The number of ether oxygens (including phenoxy) is 1. The Balaban J connectivity index is 1.59. The lowest BCUT2D eigenvalue weighted by Crippen LogP contribution is -2.14. The standard InChI is InChI=1S/C19H18FN3O2/c1-25-18-4-2-3-15(9-18)12-23-13-17(11-21-23)22-19(24)10-14-5-7-16(20)8-6-14/h2-9,11,13H,10,12H2,1H3,(H,22,24). The van der Waals surface area contributed by atoms with E-state index in [2.05, 4.69) is 10.4 Å². The smallest absolute Gasteiger partial charge is 0.228 e. The molecule has 0 fully saturated rings. The van der Waals surface area contributed by atoms with E-state index in [9.17, 15) is 9.18 Å². The van der Waals surface area contributed by atoms with Crippen LogP contribution in [0.5, 0.6) is 5.75 Å². The molecule has 1 amide bonds. The van der Waals surface area contributed by atoms with E-state index in [0.717, 1.165) is 16.9 Å². The van der Waals surface area contributed by atoms with Gasteiger partial charge in [0, 0.05) is 6.20 Å². The van der Waals surface area contributed by atoms with Crippen LogP contribution in [0.1, 0.15) is 11.1 Å². The average molecular weight is 339 g/mol. The number of anilines is 1. The SMILES string of the molecule is COc1cccc(Cn2cc(NC(=O)Cc3ccc(F)cc3)cn2)c1. The lowest BCUT2D eigenvalue weighted by molar-refractivity contribution is -0.115. The topological polar surface area (TPSA) is 56.1 Å². The molecule has 128 valence electrons. The van der Waals surface area contributed by atoms with Crippen molar-refractivity contribution in [2.75, 3.05) is 12.4 Å². The molecule has 0 atom stereocenters. The molecule has 0 unspecified atom stereocenters. The maximum absolute atomic E-state index is 12.9. The molecule has 0 saturated heterocycles. The first-order chi connectivity index (χ1) is 12.1. The van der Waals surface area contributed by atoms with Crippen molar-refractivity contribution < 1.29 is 13.9 Å². The number of benzene rings is 2. The molecular weight excluding hydrogens is 321 g/mol. The summed E-state index contributed by atoms with van der Waals surface area (Å²) in [7, 11) is 1.63. The molecule has 1 aromatic heterocycles. The summed E-state index contributed by atoms with van der Waals surface area (Å²) in [6, 6.07) is 13.6. The Kier molecular flexibility index (Phi) is 5.09. The molecule has 0 aliphatic rings. The summed E-state index contributed by atoms with van der Waals surface area (Å²) >= 11 is 0. The number of carbonyl (C=O) groups excluding carboxylic acids is 1. The van der Waals surface area contributed by atoms with Gasteiger partial charge in [-0.1, -0.05) is 24.3 Å². The molecule has 1 heterocycles. The number of hydrogen-bond donors (Lipinski definition) is 1. The van der Waals surface area contributed by atoms with Gasteiger partial charge in [-0.2, -0.15) is 5.10 Å². The van der Waals surface area contributed by atoms with Gasteiger partial charge in [0.15, 0.2) is 0 Å². The fraction of sp³-hybridized carbons (Fsp3) is 0.158. The lowest BCUT2D eigenvalue weighted by atomic mass is 10.1.